The average Bonchev–Trinajstić information content (AvgIpc) is 1.86. The summed E-state index contributed by atoms with van der Waals surface area (Å²) in [5.41, 5.74) is 1.25. The highest BCUT2D eigenvalue weighted by atomic mass is 31.0. The van der Waals surface area contributed by atoms with E-state index in [9.17, 15) is 0 Å². The summed E-state index contributed by atoms with van der Waals surface area (Å²) in [6.45, 7) is 1.05. The molecule has 0 amide bonds. The van der Waals surface area contributed by atoms with Gasteiger partial charge in [-0.15, -0.1) is 0 Å². The molecule has 2 heteroatoms. The van der Waals surface area contributed by atoms with Gasteiger partial charge in [0.1, 0.15) is 0 Å². The van der Waals surface area contributed by atoms with Gasteiger partial charge in [0.2, 0.25) is 0 Å². The molecular weight excluding hydrogens is 93.0 g/mol. The number of rotatable bonds is 0. The Kier molecular flexibility index (Phi) is 1.21. The van der Waals surface area contributed by atoms with Crippen molar-refractivity contribution in [1.82, 2.24) is 0 Å². The zero-order valence-corrected chi connectivity index (χ0v) is 4.80. The van der Waals surface area contributed by atoms with E-state index in [1.165, 1.54) is 18.3 Å². The normalized spacial score (nSPS) is 21.2. The molecule has 0 aromatic heterocycles. The second kappa shape index (κ2) is 1.70. The minimum absolute atomic E-state index is 1.05. The molecule has 0 saturated carbocycles. The van der Waals surface area contributed by atoms with Crippen LogP contribution in [0.1, 0.15) is 12.8 Å². The lowest BCUT2D eigenvalue weighted by atomic mass is 10.4. The van der Waals surface area contributed by atoms with E-state index in [2.05, 4.69) is 14.2 Å². The summed E-state index contributed by atoms with van der Waals surface area (Å²) < 4.78 is 0. The predicted molar refractivity (Wildman–Crippen MR) is 31.2 cm³/mol. The van der Waals surface area contributed by atoms with Crippen LogP contribution in [-0.4, -0.2) is 12.0 Å². The quantitative estimate of drug-likeness (QED) is 0.404. The standard InChI is InChI=1S/C4H8NP/c6-4-2-1-3-5-4/h1-3,6H2. The summed E-state index contributed by atoms with van der Waals surface area (Å²) in [5, 5.41) is 0. The van der Waals surface area contributed by atoms with Crippen LogP contribution < -0.4 is 0 Å². The van der Waals surface area contributed by atoms with Gasteiger partial charge in [0, 0.05) is 12.0 Å². The van der Waals surface area contributed by atoms with E-state index in [4.69, 9.17) is 0 Å². The van der Waals surface area contributed by atoms with Gasteiger partial charge in [-0.1, -0.05) is 9.24 Å². The fraction of sp³-hybridized carbons (Fsp3) is 0.750. The Hall–Kier alpha value is 0.100. The van der Waals surface area contributed by atoms with Crippen molar-refractivity contribution in [3.8, 4) is 0 Å². The van der Waals surface area contributed by atoms with Gasteiger partial charge in [-0.3, -0.25) is 4.99 Å². The Bertz CT molecular complexity index is 77.6. The van der Waals surface area contributed by atoms with E-state index in [0.717, 1.165) is 6.54 Å². The number of aliphatic imine (C=N–C) groups is 1. The molecule has 1 unspecified atom stereocenters. The molecule has 0 aliphatic carbocycles. The molecule has 0 radical (unpaired) electrons. The van der Waals surface area contributed by atoms with Crippen molar-refractivity contribution in [1.29, 1.82) is 0 Å². The third kappa shape index (κ3) is 0.782. The first kappa shape index (κ1) is 4.26. The lowest BCUT2D eigenvalue weighted by Crippen LogP contribution is -1.70. The van der Waals surface area contributed by atoms with Gasteiger partial charge < -0.3 is 0 Å². The predicted octanol–water partition coefficient (Wildman–Crippen LogP) is 1.05. The minimum atomic E-state index is 1.05. The molecule has 1 aliphatic rings. The largest absolute Gasteiger partial charge is 0.290 e. The van der Waals surface area contributed by atoms with Crippen molar-refractivity contribution in [2.75, 3.05) is 6.54 Å². The Morgan fingerprint density at radius 2 is 2.50 bits per heavy atom. The van der Waals surface area contributed by atoms with Crippen molar-refractivity contribution < 1.29 is 0 Å². The zero-order valence-electron chi connectivity index (χ0n) is 3.65. The van der Waals surface area contributed by atoms with E-state index in [1.54, 1.807) is 0 Å². The molecular formula is C4H8NP. The summed E-state index contributed by atoms with van der Waals surface area (Å²) in [7, 11) is 2.62. The molecule has 1 nitrogen and oxygen atoms in total. The summed E-state index contributed by atoms with van der Waals surface area (Å²) in [5.74, 6) is 0. The van der Waals surface area contributed by atoms with Crippen LogP contribution in [0.5, 0.6) is 0 Å². The highest BCUT2D eigenvalue weighted by molar-refractivity contribution is 7.40. The lowest BCUT2D eigenvalue weighted by Gasteiger charge is -1.76. The minimum Gasteiger partial charge on any atom is -0.290 e. The molecule has 0 N–H and O–H groups in total. The highest BCUT2D eigenvalue weighted by Gasteiger charge is 1.96. The van der Waals surface area contributed by atoms with Crippen LogP contribution >= 0.6 is 9.24 Å². The Labute approximate surface area is 40.1 Å². The van der Waals surface area contributed by atoms with Crippen LogP contribution in [0.3, 0.4) is 0 Å². The average molecular weight is 101 g/mol. The van der Waals surface area contributed by atoms with Gasteiger partial charge in [0.25, 0.3) is 0 Å². The Balaban J connectivity index is 2.45. The fourth-order valence-corrected chi connectivity index (χ4v) is 0.895. The van der Waals surface area contributed by atoms with Crippen molar-refractivity contribution in [2.45, 2.75) is 12.8 Å². The first-order chi connectivity index (χ1) is 2.89. The van der Waals surface area contributed by atoms with E-state index in [0.29, 0.717) is 0 Å². The molecule has 34 valence electrons. The maximum Gasteiger partial charge on any atom is 0.0396 e. The van der Waals surface area contributed by atoms with Crippen LogP contribution in [0, 0.1) is 0 Å². The Morgan fingerprint density at radius 1 is 1.67 bits per heavy atom. The molecule has 6 heavy (non-hydrogen) atoms. The van der Waals surface area contributed by atoms with E-state index < -0.39 is 0 Å². The second-order valence-electron chi connectivity index (χ2n) is 1.48. The number of nitrogens with zero attached hydrogens (tertiary/aromatic N) is 1. The lowest BCUT2D eigenvalue weighted by molar-refractivity contribution is 0.952. The molecule has 0 spiro atoms. The van der Waals surface area contributed by atoms with Gasteiger partial charge in [-0.05, 0) is 12.8 Å². The van der Waals surface area contributed by atoms with Crippen LogP contribution in [0.2, 0.25) is 0 Å². The molecule has 1 heterocycles. The maximum absolute atomic E-state index is 4.12. The molecule has 0 aromatic rings. The van der Waals surface area contributed by atoms with Crippen molar-refractivity contribution in [3.05, 3.63) is 0 Å². The number of hydrogen-bond donors (Lipinski definition) is 0. The monoisotopic (exact) mass is 101 g/mol. The van der Waals surface area contributed by atoms with Gasteiger partial charge in [0.05, 0.1) is 0 Å². The third-order valence-electron chi connectivity index (χ3n) is 0.906. The van der Waals surface area contributed by atoms with Crippen LogP contribution in [0.4, 0.5) is 0 Å². The van der Waals surface area contributed by atoms with Crippen LogP contribution in [0.25, 0.3) is 0 Å². The second-order valence-corrected chi connectivity index (χ2v) is 2.14. The molecule has 0 aromatic carbocycles. The van der Waals surface area contributed by atoms with E-state index in [1.807, 2.05) is 0 Å². The first-order valence-corrected chi connectivity index (χ1v) is 2.76. The van der Waals surface area contributed by atoms with Gasteiger partial charge in [-0.2, -0.15) is 0 Å². The summed E-state index contributed by atoms with van der Waals surface area (Å²) >= 11 is 0. The highest BCUT2D eigenvalue weighted by Crippen LogP contribution is 2.07. The smallest absolute Gasteiger partial charge is 0.0396 e. The third-order valence-corrected chi connectivity index (χ3v) is 1.38. The van der Waals surface area contributed by atoms with Gasteiger partial charge >= 0.3 is 0 Å². The molecule has 1 atom stereocenters. The summed E-state index contributed by atoms with van der Waals surface area (Å²) in [4.78, 5) is 4.12. The first-order valence-electron chi connectivity index (χ1n) is 2.18. The van der Waals surface area contributed by atoms with Crippen LogP contribution in [-0.2, 0) is 0 Å². The van der Waals surface area contributed by atoms with E-state index >= 15 is 0 Å². The fourth-order valence-electron chi connectivity index (χ4n) is 0.562. The molecule has 1 aliphatic heterocycles. The zero-order chi connectivity index (χ0) is 4.41. The van der Waals surface area contributed by atoms with Gasteiger partial charge in [-0.25, -0.2) is 0 Å². The Morgan fingerprint density at radius 3 is 2.67 bits per heavy atom. The summed E-state index contributed by atoms with van der Waals surface area (Å²) in [6, 6.07) is 0. The topological polar surface area (TPSA) is 12.4 Å². The SMILES string of the molecule is PC1=NCCC1. The van der Waals surface area contributed by atoms with E-state index in [-0.39, 0.29) is 0 Å². The maximum atomic E-state index is 4.12. The number of hydrogen-bond acceptors (Lipinski definition) is 1. The summed E-state index contributed by atoms with van der Waals surface area (Å²) in [6.07, 6.45) is 2.46. The molecule has 0 fully saturated rings. The molecule has 1 rings (SSSR count). The van der Waals surface area contributed by atoms with Crippen LogP contribution in [0.15, 0.2) is 4.99 Å². The van der Waals surface area contributed by atoms with Gasteiger partial charge in [0.15, 0.2) is 0 Å². The van der Waals surface area contributed by atoms with Crippen molar-refractivity contribution >= 4 is 14.7 Å². The molecule has 0 saturated heterocycles. The molecule has 0 bridgehead atoms. The van der Waals surface area contributed by atoms with Crippen molar-refractivity contribution in [2.24, 2.45) is 4.99 Å². The van der Waals surface area contributed by atoms with Crippen molar-refractivity contribution in [3.63, 3.8) is 0 Å².